The molecule has 3 N–H and O–H groups in total. The maximum absolute atomic E-state index is 12.2. The Morgan fingerprint density at radius 1 is 1.58 bits per heavy atom. The van der Waals surface area contributed by atoms with Gasteiger partial charge in [0.2, 0.25) is 11.9 Å². The number of nitrogens with one attached hydrogen (secondary N) is 2. The molecule has 0 spiro atoms. The Balaban J connectivity index is 2.01. The third kappa shape index (κ3) is 3.35. The molecular formula is C15H20IN5O5. The van der Waals surface area contributed by atoms with Gasteiger partial charge in [-0.15, -0.1) is 0 Å². The molecule has 0 unspecified atom stereocenters. The van der Waals surface area contributed by atoms with E-state index in [9.17, 15) is 14.7 Å². The number of H-pyrrole nitrogens is 1. The van der Waals surface area contributed by atoms with Gasteiger partial charge in [0, 0.05) is 17.5 Å². The van der Waals surface area contributed by atoms with Gasteiger partial charge in [0.25, 0.3) is 5.56 Å². The summed E-state index contributed by atoms with van der Waals surface area (Å²) in [4.78, 5) is 35.0. The van der Waals surface area contributed by atoms with Crippen LogP contribution in [0.3, 0.4) is 0 Å². The molecule has 0 aromatic carbocycles. The molecule has 3 rings (SSSR count). The number of carbonyl (C=O) groups excluding carboxylic acids is 1. The first kappa shape index (κ1) is 19.2. The number of carbonyl (C=O) groups is 1. The van der Waals surface area contributed by atoms with Crippen LogP contribution in [0.5, 0.6) is 0 Å². The third-order valence-corrected chi connectivity index (χ3v) is 5.07. The van der Waals surface area contributed by atoms with E-state index in [1.807, 2.05) is 0 Å². The van der Waals surface area contributed by atoms with Crippen LogP contribution >= 0.6 is 22.6 Å². The molecule has 26 heavy (non-hydrogen) atoms. The Kier molecular flexibility index (Phi) is 5.60. The number of aromatic amines is 1. The molecule has 1 amide bonds. The number of aromatic nitrogens is 4. The van der Waals surface area contributed by atoms with Crippen molar-refractivity contribution in [3.63, 3.8) is 0 Å². The molecule has 11 heteroatoms. The van der Waals surface area contributed by atoms with Crippen LogP contribution in [0.1, 0.15) is 20.1 Å². The second kappa shape index (κ2) is 7.58. The molecule has 1 saturated heterocycles. The average molecular weight is 477 g/mol. The molecule has 10 nitrogen and oxygen atoms in total. The van der Waals surface area contributed by atoms with Gasteiger partial charge < -0.3 is 14.6 Å². The van der Waals surface area contributed by atoms with Crippen LogP contribution in [0.25, 0.3) is 11.2 Å². The minimum atomic E-state index is -0.952. The average Bonchev–Trinajstić information content (AvgIpc) is 3.15. The number of nitrogens with zero attached hydrogens (tertiary/aromatic N) is 3. The minimum Gasteiger partial charge on any atom is -0.386 e. The molecule has 0 aliphatic carbocycles. The van der Waals surface area contributed by atoms with Crippen LogP contribution < -0.4 is 10.9 Å². The van der Waals surface area contributed by atoms with E-state index < -0.39 is 24.0 Å². The van der Waals surface area contributed by atoms with Crippen LogP contribution in [0, 0.1) is 5.92 Å². The molecule has 0 saturated carbocycles. The highest BCUT2D eigenvalue weighted by Crippen LogP contribution is 2.33. The molecule has 0 bridgehead atoms. The summed E-state index contributed by atoms with van der Waals surface area (Å²) < 4.78 is 13.3. The van der Waals surface area contributed by atoms with Crippen molar-refractivity contribution in [1.82, 2.24) is 19.5 Å². The van der Waals surface area contributed by atoms with Gasteiger partial charge in [-0.1, -0.05) is 36.4 Å². The van der Waals surface area contributed by atoms with E-state index in [1.165, 1.54) is 18.0 Å². The van der Waals surface area contributed by atoms with Crippen LogP contribution in [0.15, 0.2) is 11.1 Å². The van der Waals surface area contributed by atoms with Gasteiger partial charge in [-0.25, -0.2) is 4.98 Å². The largest absolute Gasteiger partial charge is 0.386 e. The number of fused-ring (bicyclic) bond motifs is 1. The molecule has 4 atom stereocenters. The molecule has 1 aliphatic heterocycles. The molecule has 2 aromatic rings. The topological polar surface area (TPSA) is 131 Å². The van der Waals surface area contributed by atoms with E-state index in [4.69, 9.17) is 9.47 Å². The zero-order chi connectivity index (χ0) is 19.0. The lowest BCUT2D eigenvalue weighted by atomic mass is 10.1. The van der Waals surface area contributed by atoms with Crippen molar-refractivity contribution in [3.05, 3.63) is 16.7 Å². The fourth-order valence-corrected chi connectivity index (χ4v) is 3.51. The first-order chi connectivity index (χ1) is 12.4. The van der Waals surface area contributed by atoms with E-state index in [1.54, 1.807) is 13.8 Å². The van der Waals surface area contributed by atoms with E-state index >= 15 is 0 Å². The van der Waals surface area contributed by atoms with Crippen molar-refractivity contribution in [3.8, 4) is 0 Å². The highest BCUT2D eigenvalue weighted by atomic mass is 127. The standard InChI is InChI=1S/C15H20IN5O5/c1-6(2)12(23)19-15-18-11-8(13(24)20-15)17-5-21(11)14-9(22)10(25-3)7(4-16)26-14/h5-7,9-10,14,22H,4H2,1-3H3,(H2,18,19,20,23,24)/t7-,9-,10-,14-/m1/s1. The second-order valence-corrected chi connectivity index (χ2v) is 7.17. The van der Waals surface area contributed by atoms with Crippen molar-refractivity contribution in [2.45, 2.75) is 38.4 Å². The van der Waals surface area contributed by atoms with Gasteiger partial charge in [-0.3, -0.25) is 24.5 Å². The fourth-order valence-electron chi connectivity index (χ4n) is 2.80. The summed E-state index contributed by atoms with van der Waals surface area (Å²) in [7, 11) is 1.51. The van der Waals surface area contributed by atoms with Crippen molar-refractivity contribution in [2.75, 3.05) is 16.9 Å². The van der Waals surface area contributed by atoms with E-state index in [2.05, 4.69) is 42.9 Å². The number of imidazole rings is 1. The second-order valence-electron chi connectivity index (χ2n) is 6.29. The molecule has 1 fully saturated rings. The fraction of sp³-hybridized carbons (Fsp3) is 0.600. The van der Waals surface area contributed by atoms with Gasteiger partial charge in [0.15, 0.2) is 17.4 Å². The van der Waals surface area contributed by atoms with Crippen LogP contribution in [-0.4, -0.2) is 60.4 Å². The summed E-state index contributed by atoms with van der Waals surface area (Å²) in [6.07, 6.45) is -1.17. The lowest BCUT2D eigenvalue weighted by Crippen LogP contribution is -2.34. The first-order valence-corrected chi connectivity index (χ1v) is 9.60. The number of amides is 1. The van der Waals surface area contributed by atoms with Crippen LogP contribution in [0.4, 0.5) is 5.95 Å². The highest BCUT2D eigenvalue weighted by molar-refractivity contribution is 14.1. The number of alkyl halides is 1. The predicted octanol–water partition coefficient (Wildman–Crippen LogP) is 0.422. The summed E-state index contributed by atoms with van der Waals surface area (Å²) >= 11 is 2.15. The monoisotopic (exact) mass is 477 g/mol. The number of methoxy groups -OCH3 is 1. The van der Waals surface area contributed by atoms with E-state index in [-0.39, 0.29) is 35.0 Å². The number of rotatable bonds is 5. The van der Waals surface area contributed by atoms with Gasteiger partial charge in [-0.2, -0.15) is 4.98 Å². The number of hydrogen-bond acceptors (Lipinski definition) is 7. The summed E-state index contributed by atoms with van der Waals surface area (Å²) in [5.41, 5.74) is -0.190. The third-order valence-electron chi connectivity index (χ3n) is 4.21. The predicted molar refractivity (Wildman–Crippen MR) is 101 cm³/mol. The van der Waals surface area contributed by atoms with Gasteiger partial charge in [0.05, 0.1) is 12.4 Å². The van der Waals surface area contributed by atoms with Crippen molar-refractivity contribution >= 4 is 45.6 Å². The molecular weight excluding hydrogens is 457 g/mol. The van der Waals surface area contributed by atoms with E-state index in [0.717, 1.165) is 0 Å². The zero-order valence-electron chi connectivity index (χ0n) is 14.5. The number of hydrogen-bond donors (Lipinski definition) is 3. The van der Waals surface area contributed by atoms with Crippen molar-refractivity contribution in [1.29, 1.82) is 0 Å². The lowest BCUT2D eigenvalue weighted by molar-refractivity contribution is -0.118. The SMILES string of the molecule is CO[C@H]1[C@@H](O)[C@H](n2cnc3c(=O)[nH]c(NC(=O)C(C)C)nc32)O[C@@H]1CI. The highest BCUT2D eigenvalue weighted by Gasteiger charge is 2.45. The smallest absolute Gasteiger partial charge is 0.280 e. The summed E-state index contributed by atoms with van der Waals surface area (Å²) in [6, 6.07) is 0. The van der Waals surface area contributed by atoms with Crippen molar-refractivity contribution < 1.29 is 19.4 Å². The first-order valence-electron chi connectivity index (χ1n) is 8.07. The number of halogens is 1. The Bertz CT molecular complexity index is 866. The summed E-state index contributed by atoms with van der Waals surface area (Å²) in [6.45, 7) is 3.46. The maximum atomic E-state index is 12.2. The van der Waals surface area contributed by atoms with Gasteiger partial charge in [0.1, 0.15) is 12.2 Å². The molecule has 2 aromatic heterocycles. The molecule has 3 heterocycles. The molecule has 1 aliphatic rings. The Labute approximate surface area is 162 Å². The Hall–Kier alpha value is -1.57. The van der Waals surface area contributed by atoms with Crippen LogP contribution in [-0.2, 0) is 14.3 Å². The lowest BCUT2D eigenvalue weighted by Gasteiger charge is -2.18. The number of aliphatic hydroxyl groups is 1. The quantitative estimate of drug-likeness (QED) is 0.420. The summed E-state index contributed by atoms with van der Waals surface area (Å²) in [5, 5.41) is 13.1. The minimum absolute atomic E-state index is 0.0177. The van der Waals surface area contributed by atoms with Gasteiger partial charge >= 0.3 is 0 Å². The van der Waals surface area contributed by atoms with E-state index in [0.29, 0.717) is 4.43 Å². The number of anilines is 1. The number of ether oxygens (including phenoxy) is 2. The molecule has 0 radical (unpaired) electrons. The Morgan fingerprint density at radius 2 is 2.31 bits per heavy atom. The zero-order valence-corrected chi connectivity index (χ0v) is 16.6. The van der Waals surface area contributed by atoms with Crippen LogP contribution in [0.2, 0.25) is 0 Å². The number of aliphatic hydroxyl groups excluding tert-OH is 1. The summed E-state index contributed by atoms with van der Waals surface area (Å²) in [5.74, 6) is -0.530. The molecule has 142 valence electrons. The normalized spacial score (nSPS) is 25.9. The van der Waals surface area contributed by atoms with Crippen molar-refractivity contribution in [2.24, 2.45) is 5.92 Å². The maximum Gasteiger partial charge on any atom is 0.280 e. The van der Waals surface area contributed by atoms with Gasteiger partial charge in [-0.05, 0) is 0 Å². The Morgan fingerprint density at radius 3 is 2.88 bits per heavy atom.